The summed E-state index contributed by atoms with van der Waals surface area (Å²) >= 11 is 0. The summed E-state index contributed by atoms with van der Waals surface area (Å²) in [6.07, 6.45) is 2.78. The van der Waals surface area contributed by atoms with Crippen LogP contribution in [0, 0.1) is 10.1 Å². The van der Waals surface area contributed by atoms with Crippen LogP contribution < -0.4 is 16.4 Å². The summed E-state index contributed by atoms with van der Waals surface area (Å²) in [6, 6.07) is 4.45. The van der Waals surface area contributed by atoms with Gasteiger partial charge in [0.25, 0.3) is 5.69 Å². The molecule has 1 saturated heterocycles. The Hall–Kier alpha value is -2.68. The Balaban J connectivity index is 1.59. The highest BCUT2D eigenvalue weighted by molar-refractivity contribution is 5.77. The van der Waals surface area contributed by atoms with Gasteiger partial charge in [0.15, 0.2) is 5.58 Å². The fourth-order valence-corrected chi connectivity index (χ4v) is 3.30. The molecule has 3 rings (SSSR count). The Labute approximate surface area is 149 Å². The van der Waals surface area contributed by atoms with Crippen molar-refractivity contribution in [3.63, 3.8) is 0 Å². The zero-order valence-corrected chi connectivity index (χ0v) is 14.6. The number of benzene rings is 1. The number of nitrogens with zero attached hydrogens (tertiary/aromatic N) is 2. The van der Waals surface area contributed by atoms with Gasteiger partial charge in [-0.3, -0.25) is 19.5 Å². The van der Waals surface area contributed by atoms with Crippen LogP contribution in [0.4, 0.5) is 5.69 Å². The monoisotopic (exact) mass is 362 g/mol. The summed E-state index contributed by atoms with van der Waals surface area (Å²) < 4.78 is 6.48. The summed E-state index contributed by atoms with van der Waals surface area (Å²) in [6.45, 7) is 3.35. The molecule has 2 N–H and O–H groups in total. The number of nitro benzene ring substituents is 1. The molecule has 1 aromatic heterocycles. The zero-order valence-electron chi connectivity index (χ0n) is 14.6. The second kappa shape index (κ2) is 7.69. The number of fused-ring (bicyclic) bond motifs is 1. The first-order valence-corrected chi connectivity index (χ1v) is 8.76. The molecule has 1 aromatic carbocycles. The summed E-state index contributed by atoms with van der Waals surface area (Å²) in [5.74, 6) is -0.618. The predicted molar refractivity (Wildman–Crippen MR) is 95.0 cm³/mol. The van der Waals surface area contributed by atoms with E-state index in [4.69, 9.17) is 4.42 Å². The van der Waals surface area contributed by atoms with Gasteiger partial charge >= 0.3 is 5.76 Å². The van der Waals surface area contributed by atoms with Crippen LogP contribution in [0.2, 0.25) is 0 Å². The SMILES string of the molecule is CC1NCCCC1NC(=O)CCCn1c(=O)oc2cc([N+](=O)[O-])ccc21. The van der Waals surface area contributed by atoms with Gasteiger partial charge in [-0.15, -0.1) is 0 Å². The van der Waals surface area contributed by atoms with E-state index in [0.29, 0.717) is 24.9 Å². The van der Waals surface area contributed by atoms with Crippen molar-refractivity contribution in [2.45, 2.75) is 51.2 Å². The van der Waals surface area contributed by atoms with Gasteiger partial charge in [0.05, 0.1) is 16.5 Å². The Bertz CT molecular complexity index is 872. The molecule has 2 atom stereocenters. The van der Waals surface area contributed by atoms with Crippen LogP contribution >= 0.6 is 0 Å². The number of oxazole rings is 1. The number of carbonyl (C=O) groups is 1. The molecule has 0 aliphatic carbocycles. The van der Waals surface area contributed by atoms with Crippen LogP contribution in [0.1, 0.15) is 32.6 Å². The summed E-state index contributed by atoms with van der Waals surface area (Å²) in [5, 5.41) is 17.2. The van der Waals surface area contributed by atoms with Gasteiger partial charge in [0, 0.05) is 31.1 Å². The molecule has 1 aliphatic heterocycles. The highest BCUT2D eigenvalue weighted by Gasteiger charge is 2.22. The number of rotatable bonds is 6. The van der Waals surface area contributed by atoms with E-state index in [9.17, 15) is 19.7 Å². The standard InChI is InChI=1S/C17H22N4O5/c1-11-13(4-2-8-18-11)19-16(22)5-3-9-20-14-7-6-12(21(24)25)10-15(14)26-17(20)23/h6-7,10-11,13,18H,2-5,8-9H2,1H3,(H,19,22). The molecule has 1 aliphatic rings. The van der Waals surface area contributed by atoms with E-state index < -0.39 is 10.7 Å². The molecule has 2 aromatic rings. The molecule has 0 bridgehead atoms. The molecule has 26 heavy (non-hydrogen) atoms. The van der Waals surface area contributed by atoms with Crippen molar-refractivity contribution < 1.29 is 14.1 Å². The molecule has 0 spiro atoms. The lowest BCUT2D eigenvalue weighted by Crippen LogP contribution is -2.51. The fourth-order valence-electron chi connectivity index (χ4n) is 3.30. The largest absolute Gasteiger partial charge is 0.419 e. The first-order chi connectivity index (χ1) is 12.5. The maximum absolute atomic E-state index is 12.1. The normalized spacial score (nSPS) is 20.2. The van der Waals surface area contributed by atoms with E-state index in [-0.39, 0.29) is 29.3 Å². The second-order valence-electron chi connectivity index (χ2n) is 6.59. The minimum atomic E-state index is -0.578. The number of aryl methyl sites for hydroxylation is 1. The third-order valence-corrected chi connectivity index (χ3v) is 4.76. The molecule has 2 unspecified atom stereocenters. The first-order valence-electron chi connectivity index (χ1n) is 8.76. The number of nitrogens with one attached hydrogen (secondary N) is 2. The van der Waals surface area contributed by atoms with E-state index in [1.165, 1.54) is 22.8 Å². The molecule has 0 radical (unpaired) electrons. The fraction of sp³-hybridized carbons (Fsp3) is 0.529. The first kappa shape index (κ1) is 18.1. The number of nitro groups is 1. The average Bonchev–Trinajstić information content (AvgIpc) is 2.91. The van der Waals surface area contributed by atoms with Crippen molar-refractivity contribution in [2.75, 3.05) is 6.54 Å². The Morgan fingerprint density at radius 3 is 3.04 bits per heavy atom. The van der Waals surface area contributed by atoms with Gasteiger partial charge < -0.3 is 15.1 Å². The van der Waals surface area contributed by atoms with E-state index in [0.717, 1.165) is 19.4 Å². The highest BCUT2D eigenvalue weighted by atomic mass is 16.6. The van der Waals surface area contributed by atoms with Crippen molar-refractivity contribution >= 4 is 22.7 Å². The number of aromatic nitrogens is 1. The van der Waals surface area contributed by atoms with Crippen LogP contribution in [0.3, 0.4) is 0 Å². The van der Waals surface area contributed by atoms with Crippen LogP contribution in [0.15, 0.2) is 27.4 Å². The molecule has 0 saturated carbocycles. The molecule has 2 heterocycles. The van der Waals surface area contributed by atoms with E-state index in [2.05, 4.69) is 17.6 Å². The number of amides is 1. The number of piperidine rings is 1. The van der Waals surface area contributed by atoms with Crippen LogP contribution in [0.25, 0.3) is 11.1 Å². The van der Waals surface area contributed by atoms with E-state index in [1.54, 1.807) is 0 Å². The van der Waals surface area contributed by atoms with Crippen molar-refractivity contribution in [2.24, 2.45) is 0 Å². The van der Waals surface area contributed by atoms with Crippen molar-refractivity contribution in [3.8, 4) is 0 Å². The lowest BCUT2D eigenvalue weighted by atomic mass is 10.00. The smallest absolute Gasteiger partial charge is 0.407 e. The Kier molecular flexibility index (Phi) is 5.36. The minimum Gasteiger partial charge on any atom is -0.407 e. The lowest BCUT2D eigenvalue weighted by Gasteiger charge is -2.30. The third-order valence-electron chi connectivity index (χ3n) is 4.76. The van der Waals surface area contributed by atoms with Gasteiger partial charge in [-0.2, -0.15) is 0 Å². The van der Waals surface area contributed by atoms with Gasteiger partial charge in [0.1, 0.15) is 0 Å². The maximum atomic E-state index is 12.1. The van der Waals surface area contributed by atoms with Gasteiger partial charge in [-0.05, 0) is 38.8 Å². The van der Waals surface area contributed by atoms with Crippen LogP contribution in [0.5, 0.6) is 0 Å². The molecule has 9 nitrogen and oxygen atoms in total. The van der Waals surface area contributed by atoms with Crippen molar-refractivity contribution in [1.29, 1.82) is 0 Å². The second-order valence-corrected chi connectivity index (χ2v) is 6.59. The third kappa shape index (κ3) is 3.93. The van der Waals surface area contributed by atoms with Gasteiger partial charge in [-0.25, -0.2) is 4.79 Å². The Morgan fingerprint density at radius 1 is 1.50 bits per heavy atom. The topological polar surface area (TPSA) is 119 Å². The van der Waals surface area contributed by atoms with E-state index in [1.807, 2.05) is 0 Å². The van der Waals surface area contributed by atoms with Crippen molar-refractivity contribution in [1.82, 2.24) is 15.2 Å². The number of hydrogen-bond acceptors (Lipinski definition) is 6. The molecule has 1 amide bonds. The highest BCUT2D eigenvalue weighted by Crippen LogP contribution is 2.20. The molecular formula is C17H22N4O5. The summed E-state index contributed by atoms with van der Waals surface area (Å²) in [5.41, 5.74) is 0.537. The van der Waals surface area contributed by atoms with Gasteiger partial charge in [0.2, 0.25) is 5.91 Å². The van der Waals surface area contributed by atoms with Crippen molar-refractivity contribution in [3.05, 3.63) is 38.9 Å². The van der Waals surface area contributed by atoms with Gasteiger partial charge in [-0.1, -0.05) is 0 Å². The number of carbonyl (C=O) groups excluding carboxylic acids is 1. The predicted octanol–water partition coefficient (Wildman–Crippen LogP) is 1.54. The molecule has 1 fully saturated rings. The zero-order chi connectivity index (χ0) is 18.7. The summed E-state index contributed by atoms with van der Waals surface area (Å²) in [7, 11) is 0. The lowest BCUT2D eigenvalue weighted by molar-refractivity contribution is -0.384. The maximum Gasteiger partial charge on any atom is 0.419 e. The average molecular weight is 362 g/mol. The van der Waals surface area contributed by atoms with Crippen LogP contribution in [-0.2, 0) is 11.3 Å². The molecule has 140 valence electrons. The van der Waals surface area contributed by atoms with Crippen LogP contribution in [-0.4, -0.2) is 34.0 Å². The Morgan fingerprint density at radius 2 is 2.31 bits per heavy atom. The minimum absolute atomic E-state index is 0.0398. The summed E-state index contributed by atoms with van der Waals surface area (Å²) in [4.78, 5) is 34.4. The number of non-ortho nitro benzene ring substituents is 1. The van der Waals surface area contributed by atoms with E-state index >= 15 is 0 Å². The molecule has 9 heteroatoms. The molecular weight excluding hydrogens is 340 g/mol. The quantitative estimate of drug-likeness (QED) is 0.594. The number of hydrogen-bond donors (Lipinski definition) is 2.